The molecular formula is C22H26ClN3O4S. The predicted octanol–water partition coefficient (Wildman–Crippen LogP) is 3.52. The van der Waals surface area contributed by atoms with Gasteiger partial charge in [0.15, 0.2) is 0 Å². The van der Waals surface area contributed by atoms with Gasteiger partial charge in [0.1, 0.15) is 0 Å². The van der Waals surface area contributed by atoms with Crippen molar-refractivity contribution in [3.8, 4) is 0 Å². The lowest BCUT2D eigenvalue weighted by Crippen LogP contribution is -2.45. The van der Waals surface area contributed by atoms with E-state index in [0.717, 1.165) is 19.3 Å². The molecule has 9 heteroatoms. The summed E-state index contributed by atoms with van der Waals surface area (Å²) in [7, 11) is -3.81. The molecule has 166 valence electrons. The normalized spacial score (nSPS) is 16.6. The van der Waals surface area contributed by atoms with Crippen LogP contribution in [0.25, 0.3) is 0 Å². The highest BCUT2D eigenvalue weighted by atomic mass is 35.5. The van der Waals surface area contributed by atoms with Crippen molar-refractivity contribution in [2.24, 2.45) is 5.92 Å². The van der Waals surface area contributed by atoms with Crippen LogP contribution in [0.3, 0.4) is 0 Å². The first-order valence-corrected chi connectivity index (χ1v) is 12.1. The number of hydrogen-bond acceptors (Lipinski definition) is 4. The molecule has 2 amide bonds. The number of nitrogens with one attached hydrogen (secondary N) is 2. The van der Waals surface area contributed by atoms with Crippen LogP contribution < -0.4 is 10.0 Å². The third kappa shape index (κ3) is 5.98. The summed E-state index contributed by atoms with van der Waals surface area (Å²) >= 11 is 5.82. The van der Waals surface area contributed by atoms with Crippen LogP contribution in [0.2, 0.25) is 5.02 Å². The molecule has 31 heavy (non-hydrogen) atoms. The van der Waals surface area contributed by atoms with Crippen LogP contribution in [0.4, 0.5) is 5.69 Å². The number of carbonyl (C=O) groups is 2. The fourth-order valence-corrected chi connectivity index (χ4v) is 4.67. The molecule has 1 aliphatic heterocycles. The summed E-state index contributed by atoms with van der Waals surface area (Å²) < 4.78 is 27.7. The van der Waals surface area contributed by atoms with Crippen LogP contribution in [-0.4, -0.2) is 44.8 Å². The molecule has 0 saturated carbocycles. The molecular weight excluding hydrogens is 438 g/mol. The minimum atomic E-state index is -3.81. The van der Waals surface area contributed by atoms with Crippen molar-refractivity contribution in [1.82, 2.24) is 10.2 Å². The molecule has 1 heterocycles. The molecule has 1 saturated heterocycles. The standard InChI is InChI=1S/C22H26ClN3O4S/c1-2-12-24-21(27)17-6-4-13-26(15-17)22(28)16-5-3-7-19(14-16)25-31(29,30)20-10-8-18(23)9-11-20/h3,5,7-11,14,17,25H,2,4,6,12-13,15H2,1H3,(H,24,27). The van der Waals surface area contributed by atoms with Crippen LogP contribution in [0.15, 0.2) is 53.4 Å². The smallest absolute Gasteiger partial charge is 0.261 e. The van der Waals surface area contributed by atoms with Gasteiger partial charge < -0.3 is 10.2 Å². The fraction of sp³-hybridized carbons (Fsp3) is 0.364. The zero-order valence-electron chi connectivity index (χ0n) is 17.3. The topological polar surface area (TPSA) is 95.6 Å². The Labute approximate surface area is 187 Å². The van der Waals surface area contributed by atoms with Crippen LogP contribution >= 0.6 is 11.6 Å². The highest BCUT2D eigenvalue weighted by molar-refractivity contribution is 7.92. The molecule has 0 spiro atoms. The monoisotopic (exact) mass is 463 g/mol. The van der Waals surface area contributed by atoms with Gasteiger partial charge in [-0.05, 0) is 61.7 Å². The Balaban J connectivity index is 1.71. The van der Waals surface area contributed by atoms with E-state index in [-0.39, 0.29) is 28.3 Å². The second-order valence-electron chi connectivity index (χ2n) is 7.52. The average molecular weight is 464 g/mol. The largest absolute Gasteiger partial charge is 0.356 e. The molecule has 7 nitrogen and oxygen atoms in total. The minimum absolute atomic E-state index is 0.0242. The fourth-order valence-electron chi connectivity index (χ4n) is 3.49. The number of sulfonamides is 1. The summed E-state index contributed by atoms with van der Waals surface area (Å²) in [6, 6.07) is 12.2. The van der Waals surface area contributed by atoms with Gasteiger partial charge in [-0.25, -0.2) is 8.42 Å². The Bertz CT molecular complexity index is 1040. The number of nitrogens with zero attached hydrogens (tertiary/aromatic N) is 1. The van der Waals surface area contributed by atoms with E-state index in [4.69, 9.17) is 11.6 Å². The number of rotatable bonds is 7. The third-order valence-corrected chi connectivity index (χ3v) is 6.76. The Kier molecular flexibility index (Phi) is 7.56. The third-order valence-electron chi connectivity index (χ3n) is 5.11. The molecule has 1 aliphatic rings. The number of piperidine rings is 1. The number of halogens is 1. The van der Waals surface area contributed by atoms with Crippen molar-refractivity contribution < 1.29 is 18.0 Å². The Hall–Kier alpha value is -2.58. The Morgan fingerprint density at radius 3 is 2.61 bits per heavy atom. The maximum absolute atomic E-state index is 13.0. The Morgan fingerprint density at radius 1 is 1.16 bits per heavy atom. The SMILES string of the molecule is CCCNC(=O)C1CCCN(C(=O)c2cccc(NS(=O)(=O)c3ccc(Cl)cc3)c2)C1. The van der Waals surface area contributed by atoms with E-state index in [9.17, 15) is 18.0 Å². The minimum Gasteiger partial charge on any atom is -0.356 e. The molecule has 2 N–H and O–H groups in total. The van der Waals surface area contributed by atoms with E-state index in [1.807, 2.05) is 6.92 Å². The average Bonchev–Trinajstić information content (AvgIpc) is 2.77. The van der Waals surface area contributed by atoms with Gasteiger partial charge in [-0.3, -0.25) is 14.3 Å². The lowest BCUT2D eigenvalue weighted by molar-refractivity contribution is -0.126. The zero-order valence-corrected chi connectivity index (χ0v) is 18.9. The summed E-state index contributed by atoms with van der Waals surface area (Å²) in [6.07, 6.45) is 2.36. The number of amides is 2. The maximum Gasteiger partial charge on any atom is 0.261 e. The number of hydrogen-bond donors (Lipinski definition) is 2. The quantitative estimate of drug-likeness (QED) is 0.656. The van der Waals surface area contributed by atoms with E-state index in [2.05, 4.69) is 10.0 Å². The molecule has 1 atom stereocenters. The molecule has 1 unspecified atom stereocenters. The summed E-state index contributed by atoms with van der Waals surface area (Å²) in [4.78, 5) is 27.0. The molecule has 0 radical (unpaired) electrons. The van der Waals surface area contributed by atoms with Crippen LogP contribution in [-0.2, 0) is 14.8 Å². The van der Waals surface area contributed by atoms with E-state index >= 15 is 0 Å². The van der Waals surface area contributed by atoms with Gasteiger partial charge in [-0.15, -0.1) is 0 Å². The van der Waals surface area contributed by atoms with Gasteiger partial charge in [0, 0.05) is 35.9 Å². The van der Waals surface area contributed by atoms with E-state index in [1.54, 1.807) is 23.1 Å². The van der Waals surface area contributed by atoms with Gasteiger partial charge in [-0.1, -0.05) is 24.6 Å². The maximum atomic E-state index is 13.0. The van der Waals surface area contributed by atoms with Crippen molar-refractivity contribution in [2.45, 2.75) is 31.1 Å². The van der Waals surface area contributed by atoms with E-state index < -0.39 is 10.0 Å². The first-order valence-electron chi connectivity index (χ1n) is 10.3. The summed E-state index contributed by atoms with van der Waals surface area (Å²) in [5, 5.41) is 3.33. The molecule has 1 fully saturated rings. The molecule has 2 aromatic carbocycles. The molecule has 3 rings (SSSR count). The van der Waals surface area contributed by atoms with Gasteiger partial charge in [0.2, 0.25) is 5.91 Å². The molecule has 0 bridgehead atoms. The van der Waals surface area contributed by atoms with Crippen molar-refractivity contribution in [3.63, 3.8) is 0 Å². The van der Waals surface area contributed by atoms with E-state index in [0.29, 0.717) is 30.2 Å². The predicted molar refractivity (Wildman–Crippen MR) is 121 cm³/mol. The van der Waals surface area contributed by atoms with Crippen molar-refractivity contribution >= 4 is 39.1 Å². The number of benzene rings is 2. The van der Waals surface area contributed by atoms with E-state index in [1.165, 1.54) is 30.3 Å². The zero-order chi connectivity index (χ0) is 22.4. The first-order chi connectivity index (χ1) is 14.8. The number of likely N-dealkylation sites (tertiary alicyclic amines) is 1. The number of carbonyl (C=O) groups excluding carboxylic acids is 2. The van der Waals surface area contributed by atoms with Crippen molar-refractivity contribution in [3.05, 3.63) is 59.1 Å². The van der Waals surface area contributed by atoms with Gasteiger partial charge in [0.05, 0.1) is 10.8 Å². The highest BCUT2D eigenvalue weighted by Crippen LogP contribution is 2.22. The number of anilines is 1. The Morgan fingerprint density at radius 2 is 1.90 bits per heavy atom. The molecule has 0 aliphatic carbocycles. The van der Waals surface area contributed by atoms with Crippen LogP contribution in [0, 0.1) is 5.92 Å². The lowest BCUT2D eigenvalue weighted by atomic mass is 9.96. The summed E-state index contributed by atoms with van der Waals surface area (Å²) in [5.74, 6) is -0.472. The van der Waals surface area contributed by atoms with Crippen molar-refractivity contribution in [2.75, 3.05) is 24.4 Å². The van der Waals surface area contributed by atoms with Crippen LogP contribution in [0.5, 0.6) is 0 Å². The highest BCUT2D eigenvalue weighted by Gasteiger charge is 2.29. The van der Waals surface area contributed by atoms with Gasteiger partial charge >= 0.3 is 0 Å². The second kappa shape index (κ2) is 10.2. The molecule has 2 aromatic rings. The second-order valence-corrected chi connectivity index (χ2v) is 9.64. The summed E-state index contributed by atoms with van der Waals surface area (Å²) in [5.41, 5.74) is 0.654. The van der Waals surface area contributed by atoms with Gasteiger partial charge in [-0.2, -0.15) is 0 Å². The molecule has 0 aromatic heterocycles. The lowest BCUT2D eigenvalue weighted by Gasteiger charge is -2.32. The first kappa shape index (κ1) is 23.1. The van der Waals surface area contributed by atoms with Gasteiger partial charge in [0.25, 0.3) is 15.9 Å². The summed E-state index contributed by atoms with van der Waals surface area (Å²) in [6.45, 7) is 3.54. The van der Waals surface area contributed by atoms with Crippen molar-refractivity contribution in [1.29, 1.82) is 0 Å². The van der Waals surface area contributed by atoms with Crippen LogP contribution in [0.1, 0.15) is 36.5 Å².